The molecule has 5 heteroatoms. The highest BCUT2D eigenvalue weighted by Gasteiger charge is 2.14. The van der Waals surface area contributed by atoms with Crippen LogP contribution >= 0.6 is 0 Å². The molecule has 3 aromatic rings. The molecule has 3 rings (SSSR count). The normalized spacial score (nSPS) is 10.5. The number of benzene rings is 1. The molecular weight excluding hydrogens is 238 g/mol. The van der Waals surface area contributed by atoms with Gasteiger partial charge in [0.1, 0.15) is 17.5 Å². The quantitative estimate of drug-likeness (QED) is 0.716. The van der Waals surface area contributed by atoms with Gasteiger partial charge in [-0.3, -0.25) is 0 Å². The minimum absolute atomic E-state index is 0.317. The number of fused-ring (bicyclic) bond motifs is 1. The smallest absolute Gasteiger partial charge is 0.160 e. The Labute approximate surface area is 109 Å². The number of aryl methyl sites for hydroxylation is 1. The van der Waals surface area contributed by atoms with Gasteiger partial charge in [-0.2, -0.15) is 14.9 Å². The molecule has 0 amide bonds. The monoisotopic (exact) mass is 249 g/mol. The number of hydrogen-bond donors (Lipinski definition) is 1. The summed E-state index contributed by atoms with van der Waals surface area (Å²) >= 11 is 0. The minimum Gasteiger partial charge on any atom is -0.382 e. The third-order valence-electron chi connectivity index (χ3n) is 3.08. The summed E-state index contributed by atoms with van der Waals surface area (Å²) in [5.74, 6) is 0.317. The van der Waals surface area contributed by atoms with Crippen LogP contribution in [-0.2, 0) is 0 Å². The second-order valence-corrected chi connectivity index (χ2v) is 4.24. The standard InChI is InChI=1S/C14H11N5/c1-9-12(10-5-3-2-4-6-10)18-19-13(16)11(7-15)8-17-14(9)19/h2-6,8H,16H2,1H3. The van der Waals surface area contributed by atoms with Gasteiger partial charge in [-0.05, 0) is 6.92 Å². The second kappa shape index (κ2) is 4.10. The number of nitrogen functional groups attached to an aromatic ring is 1. The average Bonchev–Trinajstić information content (AvgIpc) is 2.79. The van der Waals surface area contributed by atoms with Crippen molar-refractivity contribution in [1.29, 1.82) is 5.26 Å². The van der Waals surface area contributed by atoms with Crippen molar-refractivity contribution in [3.8, 4) is 17.3 Å². The number of aromatic nitrogens is 3. The molecule has 0 aliphatic rings. The van der Waals surface area contributed by atoms with E-state index in [1.54, 1.807) is 0 Å². The van der Waals surface area contributed by atoms with Crippen molar-refractivity contribution < 1.29 is 0 Å². The molecule has 0 unspecified atom stereocenters. The van der Waals surface area contributed by atoms with Crippen molar-refractivity contribution in [3.05, 3.63) is 47.7 Å². The summed E-state index contributed by atoms with van der Waals surface area (Å²) in [6, 6.07) is 11.8. The van der Waals surface area contributed by atoms with E-state index < -0.39 is 0 Å². The Kier molecular flexibility index (Phi) is 2.43. The van der Waals surface area contributed by atoms with E-state index in [2.05, 4.69) is 10.1 Å². The first-order valence-corrected chi connectivity index (χ1v) is 5.81. The molecule has 2 aromatic heterocycles. The number of nitrogens with zero attached hydrogens (tertiary/aromatic N) is 4. The second-order valence-electron chi connectivity index (χ2n) is 4.24. The zero-order valence-electron chi connectivity index (χ0n) is 10.3. The number of rotatable bonds is 1. The number of hydrogen-bond acceptors (Lipinski definition) is 4. The molecule has 0 aliphatic carbocycles. The summed E-state index contributed by atoms with van der Waals surface area (Å²) < 4.78 is 1.52. The van der Waals surface area contributed by atoms with Crippen molar-refractivity contribution in [2.24, 2.45) is 0 Å². The summed E-state index contributed by atoms with van der Waals surface area (Å²) in [5, 5.41) is 13.4. The van der Waals surface area contributed by atoms with Crippen molar-refractivity contribution >= 4 is 11.5 Å². The molecular formula is C14H11N5. The predicted molar refractivity (Wildman–Crippen MR) is 72.3 cm³/mol. The van der Waals surface area contributed by atoms with Gasteiger partial charge in [0, 0.05) is 11.1 Å². The maximum Gasteiger partial charge on any atom is 0.160 e. The molecule has 0 atom stereocenters. The lowest BCUT2D eigenvalue weighted by Gasteiger charge is -1.99. The van der Waals surface area contributed by atoms with Crippen LogP contribution in [-0.4, -0.2) is 14.6 Å². The zero-order valence-corrected chi connectivity index (χ0v) is 10.3. The fraction of sp³-hybridized carbons (Fsp3) is 0.0714. The van der Waals surface area contributed by atoms with Crippen LogP contribution in [0.1, 0.15) is 11.1 Å². The van der Waals surface area contributed by atoms with Gasteiger partial charge >= 0.3 is 0 Å². The summed E-state index contributed by atoms with van der Waals surface area (Å²) in [7, 11) is 0. The van der Waals surface area contributed by atoms with Gasteiger partial charge in [0.25, 0.3) is 0 Å². The molecule has 0 bridgehead atoms. The molecule has 0 saturated heterocycles. The van der Waals surface area contributed by atoms with Crippen LogP contribution in [0.4, 0.5) is 5.82 Å². The predicted octanol–water partition coefficient (Wildman–Crippen LogP) is 2.16. The van der Waals surface area contributed by atoms with Crippen molar-refractivity contribution in [2.45, 2.75) is 6.92 Å². The van der Waals surface area contributed by atoms with Gasteiger partial charge in [0.2, 0.25) is 0 Å². The lowest BCUT2D eigenvalue weighted by molar-refractivity contribution is 0.951. The van der Waals surface area contributed by atoms with Crippen LogP contribution in [0.3, 0.4) is 0 Å². The Bertz CT molecular complexity index is 796. The summed E-state index contributed by atoms with van der Waals surface area (Å²) in [6.45, 7) is 1.95. The molecule has 0 saturated carbocycles. The Morgan fingerprint density at radius 2 is 2.00 bits per heavy atom. The van der Waals surface area contributed by atoms with Gasteiger partial charge in [0.15, 0.2) is 5.65 Å². The first kappa shape index (κ1) is 11.2. The molecule has 0 spiro atoms. The van der Waals surface area contributed by atoms with Gasteiger partial charge < -0.3 is 5.73 Å². The van der Waals surface area contributed by atoms with Crippen molar-refractivity contribution in [2.75, 3.05) is 5.73 Å². The first-order chi connectivity index (χ1) is 9.22. The lowest BCUT2D eigenvalue weighted by atomic mass is 10.1. The maximum absolute atomic E-state index is 8.96. The number of anilines is 1. The summed E-state index contributed by atoms with van der Waals surface area (Å²) in [5.41, 5.74) is 9.71. The van der Waals surface area contributed by atoms with Crippen LogP contribution in [0.15, 0.2) is 36.5 Å². The fourth-order valence-electron chi connectivity index (χ4n) is 2.07. The van der Waals surface area contributed by atoms with E-state index >= 15 is 0 Å². The summed E-state index contributed by atoms with van der Waals surface area (Å²) in [4.78, 5) is 4.26. The van der Waals surface area contributed by atoms with Gasteiger partial charge in [-0.15, -0.1) is 0 Å². The Morgan fingerprint density at radius 3 is 2.68 bits per heavy atom. The van der Waals surface area contributed by atoms with Crippen LogP contribution in [0, 0.1) is 18.3 Å². The highest BCUT2D eigenvalue weighted by Crippen LogP contribution is 2.26. The van der Waals surface area contributed by atoms with E-state index in [-0.39, 0.29) is 0 Å². The van der Waals surface area contributed by atoms with Crippen LogP contribution in [0.25, 0.3) is 16.9 Å². The van der Waals surface area contributed by atoms with Crippen LogP contribution in [0.2, 0.25) is 0 Å². The molecule has 0 fully saturated rings. The highest BCUT2D eigenvalue weighted by atomic mass is 15.3. The fourth-order valence-corrected chi connectivity index (χ4v) is 2.07. The van der Waals surface area contributed by atoms with Gasteiger partial charge in [-0.1, -0.05) is 30.3 Å². The SMILES string of the molecule is Cc1c(-c2ccccc2)nn2c(N)c(C#N)cnc12. The van der Waals surface area contributed by atoms with E-state index in [0.717, 1.165) is 16.8 Å². The Balaban J connectivity index is 2.33. The highest BCUT2D eigenvalue weighted by molar-refractivity contribution is 5.71. The van der Waals surface area contributed by atoms with Gasteiger partial charge in [0.05, 0.1) is 11.9 Å². The first-order valence-electron chi connectivity index (χ1n) is 5.81. The van der Waals surface area contributed by atoms with E-state index in [4.69, 9.17) is 11.0 Å². The van der Waals surface area contributed by atoms with E-state index in [0.29, 0.717) is 17.0 Å². The molecule has 0 radical (unpaired) electrons. The van der Waals surface area contributed by atoms with Gasteiger partial charge in [-0.25, -0.2) is 4.98 Å². The summed E-state index contributed by atoms with van der Waals surface area (Å²) in [6.07, 6.45) is 1.48. The van der Waals surface area contributed by atoms with Crippen molar-refractivity contribution in [3.63, 3.8) is 0 Å². The lowest BCUT2D eigenvalue weighted by Crippen LogP contribution is -2.03. The maximum atomic E-state index is 8.96. The molecule has 2 N–H and O–H groups in total. The van der Waals surface area contributed by atoms with E-state index in [1.807, 2.05) is 43.3 Å². The number of nitrogens with two attached hydrogens (primary N) is 1. The molecule has 1 aromatic carbocycles. The Hall–Kier alpha value is -2.87. The number of nitriles is 1. The minimum atomic E-state index is 0.317. The van der Waals surface area contributed by atoms with Crippen LogP contribution < -0.4 is 5.73 Å². The topological polar surface area (TPSA) is 80.0 Å². The zero-order chi connectivity index (χ0) is 13.4. The molecule has 2 heterocycles. The Morgan fingerprint density at radius 1 is 1.26 bits per heavy atom. The van der Waals surface area contributed by atoms with Crippen LogP contribution in [0.5, 0.6) is 0 Å². The third kappa shape index (κ3) is 1.62. The van der Waals surface area contributed by atoms with E-state index in [9.17, 15) is 0 Å². The molecule has 92 valence electrons. The largest absolute Gasteiger partial charge is 0.382 e. The molecule has 19 heavy (non-hydrogen) atoms. The molecule has 5 nitrogen and oxygen atoms in total. The van der Waals surface area contributed by atoms with E-state index in [1.165, 1.54) is 10.7 Å². The van der Waals surface area contributed by atoms with Crippen molar-refractivity contribution in [1.82, 2.24) is 14.6 Å². The third-order valence-corrected chi connectivity index (χ3v) is 3.08. The average molecular weight is 249 g/mol. The molecule has 0 aliphatic heterocycles.